The number of anilines is 1. The lowest BCUT2D eigenvalue weighted by Crippen LogP contribution is -2.27. The Morgan fingerprint density at radius 3 is 2.69 bits per heavy atom. The Labute approximate surface area is 92.2 Å². The van der Waals surface area contributed by atoms with Crippen LogP contribution in [0.15, 0.2) is 47.2 Å². The van der Waals surface area contributed by atoms with Crippen molar-refractivity contribution in [3.63, 3.8) is 0 Å². The summed E-state index contributed by atoms with van der Waals surface area (Å²) in [6.45, 7) is 0. The minimum Gasteiger partial charge on any atom is -0.363 e. The van der Waals surface area contributed by atoms with Crippen LogP contribution in [0.5, 0.6) is 0 Å². The van der Waals surface area contributed by atoms with Gasteiger partial charge in [-0.2, -0.15) is 0 Å². The summed E-state index contributed by atoms with van der Waals surface area (Å²) >= 11 is 0. The number of hydrogen-bond donors (Lipinski definition) is 2. The average molecular weight is 217 g/mol. The van der Waals surface area contributed by atoms with E-state index in [2.05, 4.69) is 15.0 Å². The van der Waals surface area contributed by atoms with Gasteiger partial charge < -0.3 is 15.6 Å². The molecule has 1 atom stereocenters. The van der Waals surface area contributed by atoms with E-state index >= 15 is 0 Å². The van der Waals surface area contributed by atoms with E-state index in [1.54, 1.807) is 18.2 Å². The van der Waals surface area contributed by atoms with Crippen molar-refractivity contribution in [3.8, 4) is 0 Å². The van der Waals surface area contributed by atoms with Gasteiger partial charge in [0, 0.05) is 6.07 Å². The number of amides is 1. The van der Waals surface area contributed by atoms with Gasteiger partial charge in [-0.1, -0.05) is 35.5 Å². The van der Waals surface area contributed by atoms with E-state index in [4.69, 9.17) is 5.73 Å². The van der Waals surface area contributed by atoms with Gasteiger partial charge in [0.1, 0.15) is 12.3 Å². The highest BCUT2D eigenvalue weighted by atomic mass is 16.5. The first kappa shape index (κ1) is 10.4. The summed E-state index contributed by atoms with van der Waals surface area (Å²) < 4.78 is 4.60. The van der Waals surface area contributed by atoms with Gasteiger partial charge in [-0.05, 0) is 5.56 Å². The summed E-state index contributed by atoms with van der Waals surface area (Å²) in [6.07, 6.45) is 1.38. The molecule has 0 aliphatic heterocycles. The second kappa shape index (κ2) is 4.59. The zero-order valence-electron chi connectivity index (χ0n) is 8.46. The monoisotopic (exact) mass is 217 g/mol. The Kier molecular flexibility index (Phi) is 2.98. The third-order valence-electron chi connectivity index (χ3n) is 2.13. The zero-order chi connectivity index (χ0) is 11.4. The third kappa shape index (κ3) is 2.26. The van der Waals surface area contributed by atoms with Crippen molar-refractivity contribution in [2.24, 2.45) is 5.73 Å². The van der Waals surface area contributed by atoms with Crippen LogP contribution in [-0.2, 0) is 4.79 Å². The lowest BCUT2D eigenvalue weighted by Gasteiger charge is -2.10. The Bertz CT molecular complexity index is 453. The molecule has 0 fully saturated rings. The van der Waals surface area contributed by atoms with Crippen LogP contribution in [0, 0.1) is 0 Å². The second-order valence-corrected chi connectivity index (χ2v) is 3.26. The fourth-order valence-corrected chi connectivity index (χ4v) is 1.29. The van der Waals surface area contributed by atoms with Crippen molar-refractivity contribution in [2.45, 2.75) is 6.04 Å². The molecule has 3 N–H and O–H groups in total. The van der Waals surface area contributed by atoms with Crippen LogP contribution in [0.4, 0.5) is 5.82 Å². The molecule has 0 bridgehead atoms. The summed E-state index contributed by atoms with van der Waals surface area (Å²) in [7, 11) is 0. The van der Waals surface area contributed by atoms with E-state index in [0.29, 0.717) is 5.82 Å². The van der Waals surface area contributed by atoms with Gasteiger partial charge in [-0.25, -0.2) is 0 Å². The molecule has 1 aromatic heterocycles. The molecule has 0 spiro atoms. The average Bonchev–Trinajstić information content (AvgIpc) is 2.82. The Hall–Kier alpha value is -2.14. The van der Waals surface area contributed by atoms with E-state index in [0.717, 1.165) is 5.56 Å². The predicted octanol–water partition coefficient (Wildman–Crippen LogP) is 1.31. The van der Waals surface area contributed by atoms with Crippen LogP contribution in [0.25, 0.3) is 0 Å². The van der Waals surface area contributed by atoms with Gasteiger partial charge in [-0.15, -0.1) is 0 Å². The SMILES string of the molecule is NC(C(=O)Nc1ccon1)c1ccccc1. The highest BCUT2D eigenvalue weighted by molar-refractivity contribution is 5.94. The molecule has 5 heteroatoms. The van der Waals surface area contributed by atoms with Crippen LogP contribution in [-0.4, -0.2) is 11.1 Å². The van der Waals surface area contributed by atoms with Crippen molar-refractivity contribution in [1.29, 1.82) is 0 Å². The highest BCUT2D eigenvalue weighted by Crippen LogP contribution is 2.12. The molecule has 1 heterocycles. The molecule has 0 saturated carbocycles. The van der Waals surface area contributed by atoms with Crippen molar-refractivity contribution in [2.75, 3.05) is 5.32 Å². The number of rotatable bonds is 3. The largest absolute Gasteiger partial charge is 0.363 e. The zero-order valence-corrected chi connectivity index (χ0v) is 8.46. The lowest BCUT2D eigenvalue weighted by atomic mass is 10.1. The lowest BCUT2D eigenvalue weighted by molar-refractivity contribution is -0.117. The summed E-state index contributed by atoms with van der Waals surface area (Å²) in [5.74, 6) is 0.0384. The van der Waals surface area contributed by atoms with Gasteiger partial charge in [0.2, 0.25) is 5.91 Å². The maximum Gasteiger partial charge on any atom is 0.247 e. The minimum absolute atomic E-state index is 0.319. The molecular formula is C11H11N3O2. The number of nitrogens with two attached hydrogens (primary N) is 1. The van der Waals surface area contributed by atoms with Gasteiger partial charge in [0.15, 0.2) is 5.82 Å². The molecule has 82 valence electrons. The highest BCUT2D eigenvalue weighted by Gasteiger charge is 2.16. The number of nitrogens with one attached hydrogen (secondary N) is 1. The molecule has 1 aromatic carbocycles. The van der Waals surface area contributed by atoms with Crippen LogP contribution in [0.1, 0.15) is 11.6 Å². The van der Waals surface area contributed by atoms with Crippen molar-refractivity contribution < 1.29 is 9.32 Å². The van der Waals surface area contributed by atoms with Gasteiger partial charge in [-0.3, -0.25) is 4.79 Å². The molecule has 0 aliphatic carbocycles. The topological polar surface area (TPSA) is 81.2 Å². The standard InChI is InChI=1S/C11H11N3O2/c12-10(8-4-2-1-3-5-8)11(15)13-9-6-7-16-14-9/h1-7,10H,12H2,(H,13,14,15). The maximum absolute atomic E-state index is 11.7. The Morgan fingerprint density at radius 2 is 2.06 bits per heavy atom. The fourth-order valence-electron chi connectivity index (χ4n) is 1.29. The van der Waals surface area contributed by atoms with Crippen molar-refractivity contribution >= 4 is 11.7 Å². The number of carbonyl (C=O) groups excluding carboxylic acids is 1. The van der Waals surface area contributed by atoms with Crippen LogP contribution in [0.3, 0.4) is 0 Å². The number of aromatic nitrogens is 1. The number of carbonyl (C=O) groups is 1. The molecule has 0 aliphatic rings. The molecule has 1 unspecified atom stereocenters. The smallest absolute Gasteiger partial charge is 0.247 e. The predicted molar refractivity (Wildman–Crippen MR) is 58.5 cm³/mol. The summed E-state index contributed by atoms with van der Waals surface area (Å²) in [6, 6.07) is 9.97. The molecule has 1 amide bonds. The minimum atomic E-state index is -0.710. The first-order valence-corrected chi connectivity index (χ1v) is 4.79. The summed E-state index contributed by atoms with van der Waals surface area (Å²) in [5, 5.41) is 6.12. The van der Waals surface area contributed by atoms with Crippen molar-refractivity contribution in [3.05, 3.63) is 48.2 Å². The van der Waals surface area contributed by atoms with E-state index in [-0.39, 0.29) is 5.91 Å². The Morgan fingerprint density at radius 1 is 1.31 bits per heavy atom. The summed E-state index contributed by atoms with van der Waals surface area (Å²) in [5.41, 5.74) is 6.54. The molecule has 2 aromatic rings. The van der Waals surface area contributed by atoms with Gasteiger partial charge in [0.25, 0.3) is 0 Å². The van der Waals surface area contributed by atoms with Gasteiger partial charge in [0.05, 0.1) is 0 Å². The van der Waals surface area contributed by atoms with E-state index in [1.165, 1.54) is 6.26 Å². The quantitative estimate of drug-likeness (QED) is 0.812. The molecule has 5 nitrogen and oxygen atoms in total. The van der Waals surface area contributed by atoms with E-state index in [1.807, 2.05) is 18.2 Å². The normalized spacial score (nSPS) is 12.1. The van der Waals surface area contributed by atoms with Crippen LogP contribution < -0.4 is 11.1 Å². The number of nitrogens with zero attached hydrogens (tertiary/aromatic N) is 1. The molecule has 0 radical (unpaired) electrons. The van der Waals surface area contributed by atoms with Crippen LogP contribution >= 0.6 is 0 Å². The fraction of sp³-hybridized carbons (Fsp3) is 0.0909. The number of benzene rings is 1. The van der Waals surface area contributed by atoms with Gasteiger partial charge >= 0.3 is 0 Å². The third-order valence-corrected chi connectivity index (χ3v) is 2.13. The summed E-state index contributed by atoms with van der Waals surface area (Å²) in [4.78, 5) is 11.7. The second-order valence-electron chi connectivity index (χ2n) is 3.26. The van der Waals surface area contributed by atoms with Crippen molar-refractivity contribution in [1.82, 2.24) is 5.16 Å². The molecule has 16 heavy (non-hydrogen) atoms. The maximum atomic E-state index is 11.7. The number of hydrogen-bond acceptors (Lipinski definition) is 4. The first-order valence-electron chi connectivity index (χ1n) is 4.79. The Balaban J connectivity index is 2.05. The van der Waals surface area contributed by atoms with E-state index in [9.17, 15) is 4.79 Å². The molecule has 0 saturated heterocycles. The first-order chi connectivity index (χ1) is 7.77. The molecule has 2 rings (SSSR count). The van der Waals surface area contributed by atoms with E-state index < -0.39 is 6.04 Å². The van der Waals surface area contributed by atoms with Crippen LogP contribution in [0.2, 0.25) is 0 Å². The molecular weight excluding hydrogens is 206 g/mol.